The number of carbonyl (C=O) groups excluding carboxylic acids is 3. The fourth-order valence-corrected chi connectivity index (χ4v) is 8.08. The number of ketones is 3. The van der Waals surface area contributed by atoms with Crippen molar-refractivity contribution in [3.63, 3.8) is 0 Å². The zero-order valence-electron chi connectivity index (χ0n) is 33.0. The van der Waals surface area contributed by atoms with Crippen LogP contribution in [-0.2, 0) is 10.3 Å². The molecule has 4 nitrogen and oxygen atoms in total. The molecule has 270 valence electrons. The van der Waals surface area contributed by atoms with Gasteiger partial charge in [0.15, 0.2) is 5.78 Å². The van der Waals surface area contributed by atoms with Gasteiger partial charge >= 0.3 is 0 Å². The SMILES string of the molecule is CC(C)c1cc(C(C)C)c(C2=C(OC3(c4c(C(C)C)cc(C(C)C)cc4C(C)C)C(=O)c4ccccc4C3=O)c3ccccc3C2=O)c(C(C)C)c1. The minimum atomic E-state index is -2.04. The Kier molecular flexibility index (Phi) is 9.85. The molecular formula is C48H54O4. The maximum Gasteiger partial charge on any atom is 0.259 e. The van der Waals surface area contributed by atoms with Crippen LogP contribution >= 0.6 is 0 Å². The summed E-state index contributed by atoms with van der Waals surface area (Å²) in [6.45, 7) is 25.8. The van der Waals surface area contributed by atoms with Gasteiger partial charge in [0, 0.05) is 27.8 Å². The van der Waals surface area contributed by atoms with Crippen molar-refractivity contribution in [3.8, 4) is 0 Å². The minimum absolute atomic E-state index is 0.0226. The first-order chi connectivity index (χ1) is 24.5. The first-order valence-corrected chi connectivity index (χ1v) is 19.1. The Morgan fingerprint density at radius 2 is 0.827 bits per heavy atom. The van der Waals surface area contributed by atoms with Gasteiger partial charge in [-0.3, -0.25) is 14.4 Å². The molecule has 2 aliphatic rings. The van der Waals surface area contributed by atoms with Crippen LogP contribution in [-0.4, -0.2) is 17.3 Å². The third-order valence-electron chi connectivity index (χ3n) is 11.0. The standard InChI is InChI=1S/C48H54O4/c1-25(2)31-21-37(27(5)6)41(38(22-31)28(7)8)42-44(49)33-17-13-14-18-34(33)45(42)52-48(46(50)35-19-15-16-20-36(35)47(48)51)43-39(29(9)10)23-32(26(3)4)24-40(43)30(11)12/h13-30H,1-12H3. The zero-order chi connectivity index (χ0) is 38.0. The lowest BCUT2D eigenvalue weighted by atomic mass is 9.75. The first-order valence-electron chi connectivity index (χ1n) is 19.1. The zero-order valence-corrected chi connectivity index (χ0v) is 33.0. The van der Waals surface area contributed by atoms with Crippen LogP contribution in [0.4, 0.5) is 0 Å². The van der Waals surface area contributed by atoms with Gasteiger partial charge in [-0.25, -0.2) is 0 Å². The molecule has 6 rings (SSSR count). The number of allylic oxidation sites excluding steroid dienone is 1. The van der Waals surface area contributed by atoms with Crippen molar-refractivity contribution in [2.24, 2.45) is 0 Å². The summed E-state index contributed by atoms with van der Waals surface area (Å²) in [5, 5.41) is 0. The summed E-state index contributed by atoms with van der Waals surface area (Å²) in [6.07, 6.45) is 0. The van der Waals surface area contributed by atoms with E-state index < -0.39 is 5.60 Å². The molecule has 0 atom stereocenters. The Labute approximate surface area is 310 Å². The van der Waals surface area contributed by atoms with Crippen molar-refractivity contribution < 1.29 is 19.1 Å². The molecule has 0 N–H and O–H groups in total. The van der Waals surface area contributed by atoms with Crippen LogP contribution in [0.3, 0.4) is 0 Å². The predicted molar refractivity (Wildman–Crippen MR) is 213 cm³/mol. The van der Waals surface area contributed by atoms with Gasteiger partial charge in [-0.05, 0) is 74.5 Å². The number of carbonyl (C=O) groups is 3. The monoisotopic (exact) mass is 694 g/mol. The molecule has 4 aromatic rings. The lowest BCUT2D eigenvalue weighted by Crippen LogP contribution is -2.43. The summed E-state index contributed by atoms with van der Waals surface area (Å²) in [5.41, 5.74) is 7.95. The number of fused-ring (bicyclic) bond motifs is 2. The highest BCUT2D eigenvalue weighted by molar-refractivity contribution is 6.40. The molecule has 0 radical (unpaired) electrons. The molecule has 52 heavy (non-hydrogen) atoms. The Balaban J connectivity index is 1.79. The smallest absolute Gasteiger partial charge is 0.259 e. The van der Waals surface area contributed by atoms with Crippen molar-refractivity contribution >= 4 is 28.7 Å². The molecule has 4 aromatic carbocycles. The Morgan fingerprint density at radius 1 is 0.462 bits per heavy atom. The first kappa shape index (κ1) is 37.2. The van der Waals surface area contributed by atoms with E-state index in [9.17, 15) is 4.79 Å². The van der Waals surface area contributed by atoms with Crippen LogP contribution in [0, 0.1) is 0 Å². The second-order valence-corrected chi connectivity index (χ2v) is 16.6. The van der Waals surface area contributed by atoms with Crippen LogP contribution < -0.4 is 0 Å². The summed E-state index contributed by atoms with van der Waals surface area (Å²) >= 11 is 0. The minimum Gasteiger partial charge on any atom is -0.464 e. The van der Waals surface area contributed by atoms with E-state index >= 15 is 9.59 Å². The van der Waals surface area contributed by atoms with Crippen LogP contribution in [0.1, 0.15) is 200 Å². The van der Waals surface area contributed by atoms with Gasteiger partial charge in [-0.1, -0.05) is 156 Å². The van der Waals surface area contributed by atoms with E-state index in [0.717, 1.165) is 33.4 Å². The largest absolute Gasteiger partial charge is 0.464 e. The van der Waals surface area contributed by atoms with Gasteiger partial charge in [0.05, 0.1) is 5.57 Å². The fourth-order valence-electron chi connectivity index (χ4n) is 8.08. The number of Topliss-reactive ketones (excluding diaryl/α,β-unsaturated/α-hetero) is 3. The quantitative estimate of drug-likeness (QED) is 0.155. The maximum absolute atomic E-state index is 15.3. The van der Waals surface area contributed by atoms with E-state index in [1.807, 2.05) is 24.3 Å². The maximum atomic E-state index is 15.3. The average Bonchev–Trinajstić information content (AvgIpc) is 3.49. The molecule has 0 aliphatic heterocycles. The van der Waals surface area contributed by atoms with E-state index in [1.54, 1.807) is 24.3 Å². The predicted octanol–water partition coefficient (Wildman–Crippen LogP) is 12.5. The van der Waals surface area contributed by atoms with Gasteiger partial charge in [-0.15, -0.1) is 0 Å². The van der Waals surface area contributed by atoms with E-state index in [4.69, 9.17) is 4.74 Å². The molecule has 0 amide bonds. The number of ether oxygens (including phenoxy) is 1. The van der Waals surface area contributed by atoms with Crippen LogP contribution in [0.2, 0.25) is 0 Å². The summed E-state index contributed by atoms with van der Waals surface area (Å²) in [5.74, 6) is 0.0341. The highest BCUT2D eigenvalue weighted by Gasteiger charge is 2.60. The summed E-state index contributed by atoms with van der Waals surface area (Å²) in [7, 11) is 0. The molecule has 0 bridgehead atoms. The lowest BCUT2D eigenvalue weighted by Gasteiger charge is -2.35. The van der Waals surface area contributed by atoms with Gasteiger partial charge in [0.2, 0.25) is 11.6 Å². The number of hydrogen-bond donors (Lipinski definition) is 0. The summed E-state index contributed by atoms with van der Waals surface area (Å²) in [4.78, 5) is 45.6. The van der Waals surface area contributed by atoms with Crippen LogP contribution in [0.15, 0.2) is 72.8 Å². The van der Waals surface area contributed by atoms with E-state index in [2.05, 4.69) is 107 Å². The van der Waals surface area contributed by atoms with Gasteiger partial charge in [0.25, 0.3) is 5.60 Å². The van der Waals surface area contributed by atoms with E-state index in [0.29, 0.717) is 45.1 Å². The molecule has 0 saturated heterocycles. The third-order valence-corrected chi connectivity index (χ3v) is 11.0. The summed E-state index contributed by atoms with van der Waals surface area (Å²) < 4.78 is 7.41. The fraction of sp³-hybridized carbons (Fsp3) is 0.396. The van der Waals surface area contributed by atoms with Crippen molar-refractivity contribution in [2.75, 3.05) is 0 Å². The number of rotatable bonds is 10. The molecule has 2 aliphatic carbocycles. The van der Waals surface area contributed by atoms with Crippen LogP contribution in [0.5, 0.6) is 0 Å². The Hall–Kier alpha value is -4.57. The lowest BCUT2D eigenvalue weighted by molar-refractivity contribution is 0.0313. The van der Waals surface area contributed by atoms with Crippen molar-refractivity contribution in [1.82, 2.24) is 0 Å². The topological polar surface area (TPSA) is 60.4 Å². The highest BCUT2D eigenvalue weighted by Crippen LogP contribution is 2.53. The Bertz CT molecular complexity index is 2040. The second kappa shape index (κ2) is 13.8. The normalized spacial score (nSPS) is 15.4. The van der Waals surface area contributed by atoms with Gasteiger partial charge < -0.3 is 4.74 Å². The van der Waals surface area contributed by atoms with E-state index in [-0.39, 0.29) is 46.9 Å². The molecular weight excluding hydrogens is 641 g/mol. The van der Waals surface area contributed by atoms with Crippen molar-refractivity contribution in [3.05, 3.63) is 140 Å². The van der Waals surface area contributed by atoms with Crippen molar-refractivity contribution in [1.29, 1.82) is 0 Å². The highest BCUT2D eigenvalue weighted by atomic mass is 16.5. The molecule has 0 spiro atoms. The Morgan fingerprint density at radius 3 is 1.21 bits per heavy atom. The van der Waals surface area contributed by atoms with E-state index in [1.165, 1.54) is 5.56 Å². The third kappa shape index (κ3) is 5.79. The molecule has 4 heteroatoms. The van der Waals surface area contributed by atoms with Gasteiger partial charge in [0.1, 0.15) is 5.76 Å². The summed E-state index contributed by atoms with van der Waals surface area (Å²) in [6, 6.07) is 23.3. The molecule has 0 heterocycles. The van der Waals surface area contributed by atoms with Crippen LogP contribution in [0.25, 0.3) is 11.3 Å². The molecule has 0 aromatic heterocycles. The molecule has 0 saturated carbocycles. The second-order valence-electron chi connectivity index (χ2n) is 16.6. The molecule has 0 fully saturated rings. The average molecular weight is 695 g/mol. The van der Waals surface area contributed by atoms with Crippen molar-refractivity contribution in [2.45, 2.75) is 124 Å². The van der Waals surface area contributed by atoms with Gasteiger partial charge in [-0.2, -0.15) is 0 Å². The number of hydrogen-bond acceptors (Lipinski definition) is 4. The molecule has 0 unspecified atom stereocenters. The number of benzene rings is 4.